The lowest BCUT2D eigenvalue weighted by Crippen LogP contribution is -2.71. The molecule has 4 amide bonds. The molecular formula is C46H82N4O24S. The highest BCUT2D eigenvalue weighted by Crippen LogP contribution is 2.35. The van der Waals surface area contributed by atoms with Crippen LogP contribution in [0.25, 0.3) is 0 Å². The van der Waals surface area contributed by atoms with Gasteiger partial charge in [-0.05, 0) is 6.42 Å². The fourth-order valence-electron chi connectivity index (χ4n) is 9.64. The van der Waals surface area contributed by atoms with Gasteiger partial charge in [-0.15, -0.1) is 0 Å². The van der Waals surface area contributed by atoms with Crippen molar-refractivity contribution in [3.63, 3.8) is 0 Å². The van der Waals surface area contributed by atoms with E-state index in [0.29, 0.717) is 6.42 Å². The highest BCUT2D eigenvalue weighted by molar-refractivity contribution is 7.80. The summed E-state index contributed by atoms with van der Waals surface area (Å²) in [5.41, 5.74) is 0. The van der Waals surface area contributed by atoms with E-state index in [2.05, 4.69) is 32.4 Å². The van der Waals surface area contributed by atoms with Crippen LogP contribution in [0.3, 0.4) is 0 Å². The zero-order valence-corrected chi connectivity index (χ0v) is 43.7. The van der Waals surface area contributed by atoms with Crippen LogP contribution in [-0.4, -0.2) is 232 Å². The Morgan fingerprint density at radius 1 is 0.467 bits per heavy atom. The minimum absolute atomic E-state index is 0.0409. The zero-order valence-electron chi connectivity index (χ0n) is 42.9. The number of ether oxygens (including phenoxy) is 7. The molecule has 4 aliphatic heterocycles. The third-order valence-corrected chi connectivity index (χ3v) is 13.9. The van der Waals surface area contributed by atoms with E-state index in [9.17, 15) is 78.1 Å². The second kappa shape index (κ2) is 31.6. The van der Waals surface area contributed by atoms with Crippen molar-refractivity contribution in [1.82, 2.24) is 21.3 Å². The molecule has 0 aromatic heterocycles. The van der Waals surface area contributed by atoms with Crippen LogP contribution >= 0.6 is 0 Å². The Kier molecular flexibility index (Phi) is 27.3. The molecule has 0 saturated carbocycles. The maximum absolute atomic E-state index is 13.3. The first-order valence-electron chi connectivity index (χ1n) is 25.8. The fraction of sp³-hybridized carbons (Fsp3) is 0.913. The lowest BCUT2D eigenvalue weighted by molar-refractivity contribution is -0.361. The van der Waals surface area contributed by atoms with Crippen LogP contribution in [-0.2, 0) is 66.9 Å². The van der Waals surface area contributed by atoms with Crippen LogP contribution in [0.2, 0.25) is 0 Å². The van der Waals surface area contributed by atoms with Gasteiger partial charge in [0, 0.05) is 27.2 Å². The van der Waals surface area contributed by atoms with Gasteiger partial charge in [0.05, 0.1) is 26.4 Å². The van der Waals surface area contributed by atoms with Crippen LogP contribution in [0.4, 0.5) is 0 Å². The topological polar surface area (TPSA) is 427 Å². The Morgan fingerprint density at radius 3 is 1.23 bits per heavy atom. The van der Waals surface area contributed by atoms with Crippen LogP contribution in [0.15, 0.2) is 0 Å². The van der Waals surface area contributed by atoms with Crippen LogP contribution in [0.1, 0.15) is 118 Å². The molecule has 4 unspecified atom stereocenters. The number of aliphatic hydroxyl groups excluding tert-OH is 9. The third-order valence-electron chi connectivity index (χ3n) is 13.5. The molecule has 0 radical (unpaired) electrons. The number of carbonyl (C=O) groups excluding carboxylic acids is 4. The minimum atomic E-state index is -5.15. The van der Waals surface area contributed by atoms with Gasteiger partial charge < -0.3 is 100 Å². The number of rotatable bonds is 30. The van der Waals surface area contributed by atoms with E-state index in [4.69, 9.17) is 33.2 Å². The quantitative estimate of drug-likeness (QED) is 0.0242. The first kappa shape index (κ1) is 64.6. The Balaban J connectivity index is 1.49. The average molecular weight is 1110 g/mol. The maximum Gasteiger partial charge on any atom is 0.397 e. The second-order valence-corrected chi connectivity index (χ2v) is 20.6. The number of unbranched alkanes of at least 4 members (excludes halogenated alkanes) is 12. The van der Waals surface area contributed by atoms with E-state index >= 15 is 0 Å². The van der Waals surface area contributed by atoms with Gasteiger partial charge in [-0.3, -0.25) is 23.7 Å². The lowest BCUT2D eigenvalue weighted by Gasteiger charge is -2.51. The van der Waals surface area contributed by atoms with Gasteiger partial charge in [0.25, 0.3) is 0 Å². The number of amides is 4. The molecule has 0 aromatic carbocycles. The highest BCUT2D eigenvalue weighted by Gasteiger charge is 2.56. The predicted octanol–water partition coefficient (Wildman–Crippen LogP) is -3.89. The number of hydrogen-bond acceptors (Lipinski definition) is 23. The summed E-state index contributed by atoms with van der Waals surface area (Å²) >= 11 is 0. The van der Waals surface area contributed by atoms with Crippen molar-refractivity contribution in [2.45, 2.75) is 240 Å². The van der Waals surface area contributed by atoms with Crippen molar-refractivity contribution in [3.05, 3.63) is 0 Å². The third kappa shape index (κ3) is 19.5. The second-order valence-electron chi connectivity index (χ2n) is 19.5. The molecule has 14 N–H and O–H groups in total. The Hall–Kier alpha value is -2.89. The van der Waals surface area contributed by atoms with Crippen molar-refractivity contribution in [1.29, 1.82) is 0 Å². The highest BCUT2D eigenvalue weighted by atomic mass is 32.3. The Bertz CT molecular complexity index is 1860. The van der Waals surface area contributed by atoms with Crippen molar-refractivity contribution in [2.75, 3.05) is 26.4 Å². The summed E-state index contributed by atoms with van der Waals surface area (Å²) < 4.78 is 77.9. The van der Waals surface area contributed by atoms with Crippen LogP contribution < -0.4 is 21.3 Å². The van der Waals surface area contributed by atoms with E-state index in [1.54, 1.807) is 0 Å². The number of aliphatic hydroxyl groups is 9. The first-order chi connectivity index (χ1) is 35.5. The van der Waals surface area contributed by atoms with Gasteiger partial charge >= 0.3 is 10.4 Å². The lowest BCUT2D eigenvalue weighted by atomic mass is 9.93. The van der Waals surface area contributed by atoms with Gasteiger partial charge in [0.1, 0.15) is 97.4 Å². The van der Waals surface area contributed by atoms with E-state index in [-0.39, 0.29) is 6.42 Å². The van der Waals surface area contributed by atoms with E-state index in [0.717, 1.165) is 52.9 Å². The monoisotopic (exact) mass is 1110 g/mol. The Labute approximate surface area is 436 Å². The summed E-state index contributed by atoms with van der Waals surface area (Å²) in [5, 5.41) is 109. The summed E-state index contributed by atoms with van der Waals surface area (Å²) in [6.07, 6.45) is -14.6. The van der Waals surface area contributed by atoms with Gasteiger partial charge in [-0.25, -0.2) is 4.18 Å². The van der Waals surface area contributed by atoms with Crippen LogP contribution in [0.5, 0.6) is 0 Å². The number of carbonyl (C=O) groups is 4. The molecule has 4 saturated heterocycles. The van der Waals surface area contributed by atoms with E-state index < -0.39 is 183 Å². The average Bonchev–Trinajstić information content (AvgIpc) is 3.34. The normalized spacial score (nSPS) is 36.3. The molecule has 4 heterocycles. The molecule has 4 rings (SSSR count). The van der Waals surface area contributed by atoms with Gasteiger partial charge in [0.15, 0.2) is 25.2 Å². The number of nitrogens with one attached hydrogen (secondary N) is 4. The summed E-state index contributed by atoms with van der Waals surface area (Å²) in [4.78, 5) is 50.5. The Morgan fingerprint density at radius 2 is 0.827 bits per heavy atom. The molecule has 20 atom stereocenters. The SMILES string of the molecule is CCCCCCCCCCCCCCCC(=O)N[C@H]1C(O)[C@H](O)[C@@H](CO)O[C@H]1O[C@H]1C(O)[C@@H](NC(C)=O)[C@H](O[C@H]2C(O)[C@H](NC(C)=O)[C@H](O[C@H]3C(O)[C@@H](NC(C)=O)[C@H](O)O[C@@H]3COS(=O)(=O)O)O[C@@H]2CO)O[C@@H]1CO. The van der Waals surface area contributed by atoms with Gasteiger partial charge in [0.2, 0.25) is 23.6 Å². The van der Waals surface area contributed by atoms with Crippen molar-refractivity contribution >= 4 is 34.0 Å². The molecular weight excluding hydrogens is 1020 g/mol. The minimum Gasteiger partial charge on any atom is -0.394 e. The molecule has 0 bridgehead atoms. The fourth-order valence-corrected chi connectivity index (χ4v) is 9.94. The molecule has 4 fully saturated rings. The van der Waals surface area contributed by atoms with Crippen molar-refractivity contribution in [2.24, 2.45) is 0 Å². The van der Waals surface area contributed by atoms with E-state index in [1.807, 2.05) is 0 Å². The van der Waals surface area contributed by atoms with Crippen molar-refractivity contribution < 1.29 is 115 Å². The smallest absolute Gasteiger partial charge is 0.394 e. The van der Waals surface area contributed by atoms with Gasteiger partial charge in [-0.2, -0.15) is 8.42 Å². The summed E-state index contributed by atoms with van der Waals surface area (Å²) in [6, 6.07) is -6.57. The summed E-state index contributed by atoms with van der Waals surface area (Å²) in [7, 11) is -5.15. The first-order valence-corrected chi connectivity index (χ1v) is 27.1. The summed E-state index contributed by atoms with van der Waals surface area (Å²) in [5.74, 6) is -2.90. The number of hydrogen-bond donors (Lipinski definition) is 14. The molecule has 4 aliphatic rings. The molecule has 436 valence electrons. The molecule has 0 spiro atoms. The standard InChI is InChI=1S/C46H82N4O24S/c1-5-6-7-8-9-10-11-12-13-14-15-16-17-18-30(57)50-32-36(59)35(58)26(19-51)69-44(32)72-40-27(20-52)70-45(33(38(40)61)48-24(3)55)73-41-28(21-53)71-46(34(39(41)62)49-25(4)56)74-42-29(22-67-75(64,65)66)68-43(63)31(37(42)60)47-23(2)54/h26-29,31-46,51-53,58-63H,5-22H2,1-4H3,(H,47,54)(H,48,55)(H,49,56)(H,50,57)(H,64,65,66)/t26-,27-,28-,29-,31-,32+,33-,34+,35-,36?,37?,38?,39?,40-,41-,42-,43-,44+,45+,46+/m1/s1. The molecule has 0 aliphatic carbocycles. The molecule has 75 heavy (non-hydrogen) atoms. The zero-order chi connectivity index (χ0) is 55.6. The summed E-state index contributed by atoms with van der Waals surface area (Å²) in [6.45, 7) is 1.43. The van der Waals surface area contributed by atoms with Crippen LogP contribution in [0, 0.1) is 0 Å². The molecule has 28 nitrogen and oxygen atoms in total. The molecule has 0 aromatic rings. The van der Waals surface area contributed by atoms with E-state index in [1.165, 1.54) is 44.9 Å². The largest absolute Gasteiger partial charge is 0.397 e. The van der Waals surface area contributed by atoms with Gasteiger partial charge in [-0.1, -0.05) is 84.0 Å². The van der Waals surface area contributed by atoms with Crippen molar-refractivity contribution in [3.8, 4) is 0 Å². The predicted molar refractivity (Wildman–Crippen MR) is 255 cm³/mol. The molecule has 29 heteroatoms. The maximum atomic E-state index is 13.3.